The van der Waals surface area contributed by atoms with Crippen molar-refractivity contribution < 1.29 is 9.53 Å². The molecule has 0 N–H and O–H groups in total. The SMILES string of the molecule is COCCN1C(=O)CSC1c1ccc(C)cc1. The van der Waals surface area contributed by atoms with E-state index in [1.165, 1.54) is 11.1 Å². The number of hydrogen-bond acceptors (Lipinski definition) is 3. The van der Waals surface area contributed by atoms with Crippen molar-refractivity contribution in [2.24, 2.45) is 0 Å². The summed E-state index contributed by atoms with van der Waals surface area (Å²) in [5, 5.41) is 0.151. The molecule has 1 atom stereocenters. The van der Waals surface area contributed by atoms with E-state index < -0.39 is 0 Å². The molecule has 0 aromatic heterocycles. The Hall–Kier alpha value is -1.00. The van der Waals surface area contributed by atoms with Crippen LogP contribution in [0.2, 0.25) is 0 Å². The highest BCUT2D eigenvalue weighted by molar-refractivity contribution is 8.00. The molecule has 0 spiro atoms. The van der Waals surface area contributed by atoms with Crippen molar-refractivity contribution in [1.82, 2.24) is 4.90 Å². The Balaban J connectivity index is 2.13. The van der Waals surface area contributed by atoms with Crippen LogP contribution in [-0.2, 0) is 9.53 Å². The maximum atomic E-state index is 11.8. The molecule has 1 saturated heterocycles. The van der Waals surface area contributed by atoms with E-state index >= 15 is 0 Å². The first-order chi connectivity index (χ1) is 8.22. The lowest BCUT2D eigenvalue weighted by molar-refractivity contribution is -0.128. The lowest BCUT2D eigenvalue weighted by Gasteiger charge is -2.23. The molecule has 92 valence electrons. The molecule has 0 bridgehead atoms. The molecule has 17 heavy (non-hydrogen) atoms. The van der Waals surface area contributed by atoms with Gasteiger partial charge < -0.3 is 9.64 Å². The largest absolute Gasteiger partial charge is 0.383 e. The number of hydrogen-bond donors (Lipinski definition) is 0. The van der Waals surface area contributed by atoms with Crippen LogP contribution < -0.4 is 0 Å². The van der Waals surface area contributed by atoms with Crippen molar-refractivity contribution in [3.63, 3.8) is 0 Å². The van der Waals surface area contributed by atoms with Crippen molar-refractivity contribution in [2.75, 3.05) is 26.0 Å². The van der Waals surface area contributed by atoms with Crippen LogP contribution in [-0.4, -0.2) is 36.8 Å². The number of benzene rings is 1. The smallest absolute Gasteiger partial charge is 0.233 e. The Bertz CT molecular complexity index is 391. The van der Waals surface area contributed by atoms with Crippen LogP contribution in [0.15, 0.2) is 24.3 Å². The quantitative estimate of drug-likeness (QED) is 0.821. The van der Waals surface area contributed by atoms with Gasteiger partial charge in [0.05, 0.1) is 12.4 Å². The molecule has 3 nitrogen and oxygen atoms in total. The van der Waals surface area contributed by atoms with E-state index in [-0.39, 0.29) is 11.3 Å². The van der Waals surface area contributed by atoms with Gasteiger partial charge in [0, 0.05) is 13.7 Å². The normalized spacial score (nSPS) is 20.0. The van der Waals surface area contributed by atoms with Crippen LogP contribution in [0.3, 0.4) is 0 Å². The summed E-state index contributed by atoms with van der Waals surface area (Å²) >= 11 is 1.69. The van der Waals surface area contributed by atoms with Crippen LogP contribution in [0.4, 0.5) is 0 Å². The van der Waals surface area contributed by atoms with Gasteiger partial charge in [0.1, 0.15) is 5.37 Å². The maximum Gasteiger partial charge on any atom is 0.233 e. The summed E-state index contributed by atoms with van der Waals surface area (Å²) in [6, 6.07) is 8.39. The molecule has 1 aromatic carbocycles. The number of methoxy groups -OCH3 is 1. The summed E-state index contributed by atoms with van der Waals surface area (Å²) in [4.78, 5) is 13.7. The second-order valence-corrected chi connectivity index (χ2v) is 5.22. The topological polar surface area (TPSA) is 29.5 Å². The number of thioether (sulfide) groups is 1. The zero-order chi connectivity index (χ0) is 12.3. The summed E-state index contributed by atoms with van der Waals surface area (Å²) in [7, 11) is 1.66. The highest BCUT2D eigenvalue weighted by atomic mass is 32.2. The average molecular weight is 251 g/mol. The van der Waals surface area contributed by atoms with Crippen LogP contribution in [0.1, 0.15) is 16.5 Å². The van der Waals surface area contributed by atoms with E-state index in [1.54, 1.807) is 18.9 Å². The molecule has 0 radical (unpaired) electrons. The zero-order valence-corrected chi connectivity index (χ0v) is 11.0. The number of rotatable bonds is 4. The third-order valence-electron chi connectivity index (χ3n) is 2.87. The van der Waals surface area contributed by atoms with Crippen molar-refractivity contribution >= 4 is 17.7 Å². The number of carbonyl (C=O) groups is 1. The van der Waals surface area contributed by atoms with Gasteiger partial charge in [0.25, 0.3) is 0 Å². The van der Waals surface area contributed by atoms with Crippen molar-refractivity contribution in [1.29, 1.82) is 0 Å². The molecular formula is C13H17NO2S. The van der Waals surface area contributed by atoms with E-state index in [4.69, 9.17) is 4.74 Å². The second kappa shape index (κ2) is 5.56. The maximum absolute atomic E-state index is 11.8. The minimum absolute atomic E-state index is 0.151. The molecule has 1 heterocycles. The lowest BCUT2D eigenvalue weighted by Crippen LogP contribution is -2.31. The summed E-state index contributed by atoms with van der Waals surface area (Å²) < 4.78 is 5.05. The Labute approximate surface area is 106 Å². The van der Waals surface area contributed by atoms with Crippen LogP contribution in [0, 0.1) is 6.92 Å². The summed E-state index contributed by atoms with van der Waals surface area (Å²) in [5.41, 5.74) is 2.44. The average Bonchev–Trinajstić information content (AvgIpc) is 2.69. The Kier molecular flexibility index (Phi) is 4.07. The minimum Gasteiger partial charge on any atom is -0.383 e. The van der Waals surface area contributed by atoms with Crippen molar-refractivity contribution in [3.8, 4) is 0 Å². The van der Waals surface area contributed by atoms with Gasteiger partial charge in [-0.05, 0) is 12.5 Å². The summed E-state index contributed by atoms with van der Waals surface area (Å²) in [6.07, 6.45) is 0. The predicted molar refractivity (Wildman–Crippen MR) is 70.0 cm³/mol. The first-order valence-corrected chi connectivity index (χ1v) is 6.74. The fourth-order valence-corrected chi connectivity index (χ4v) is 3.11. The van der Waals surface area contributed by atoms with E-state index in [0.717, 1.165) is 0 Å². The van der Waals surface area contributed by atoms with Crippen LogP contribution in [0.25, 0.3) is 0 Å². The minimum atomic E-state index is 0.151. The zero-order valence-electron chi connectivity index (χ0n) is 10.2. The second-order valence-electron chi connectivity index (χ2n) is 4.15. The molecule has 0 aliphatic carbocycles. The molecule has 0 saturated carbocycles. The van der Waals surface area contributed by atoms with Gasteiger partial charge in [-0.15, -0.1) is 11.8 Å². The molecule has 4 heteroatoms. The van der Waals surface area contributed by atoms with Crippen LogP contribution >= 0.6 is 11.8 Å². The third-order valence-corrected chi connectivity index (χ3v) is 4.12. The van der Waals surface area contributed by atoms with Gasteiger partial charge in [-0.1, -0.05) is 29.8 Å². The van der Waals surface area contributed by atoms with Gasteiger partial charge in [-0.25, -0.2) is 0 Å². The molecule has 1 amide bonds. The Morgan fingerprint density at radius 1 is 1.41 bits per heavy atom. The predicted octanol–water partition coefficient (Wildman–Crippen LogP) is 2.22. The highest BCUT2D eigenvalue weighted by Crippen LogP contribution is 2.38. The summed E-state index contributed by atoms with van der Waals surface area (Å²) in [5.74, 6) is 0.778. The first kappa shape index (κ1) is 12.5. The molecule has 1 fully saturated rings. The third kappa shape index (κ3) is 2.82. The summed E-state index contributed by atoms with van der Waals surface area (Å²) in [6.45, 7) is 3.33. The van der Waals surface area contributed by atoms with E-state index in [1.807, 2.05) is 4.90 Å². The standard InChI is InChI=1S/C13H17NO2S/c1-10-3-5-11(6-4-10)13-14(7-8-16-2)12(15)9-17-13/h3-6,13H,7-9H2,1-2H3. The molecule has 1 aliphatic rings. The number of carbonyl (C=O) groups excluding carboxylic acids is 1. The van der Waals surface area contributed by atoms with Gasteiger partial charge >= 0.3 is 0 Å². The van der Waals surface area contributed by atoms with E-state index in [0.29, 0.717) is 18.9 Å². The highest BCUT2D eigenvalue weighted by Gasteiger charge is 2.32. The van der Waals surface area contributed by atoms with Crippen LogP contribution in [0.5, 0.6) is 0 Å². The van der Waals surface area contributed by atoms with Crippen molar-refractivity contribution in [2.45, 2.75) is 12.3 Å². The number of ether oxygens (including phenoxy) is 1. The van der Waals surface area contributed by atoms with Crippen molar-refractivity contribution in [3.05, 3.63) is 35.4 Å². The number of nitrogens with zero attached hydrogens (tertiary/aromatic N) is 1. The lowest BCUT2D eigenvalue weighted by atomic mass is 10.1. The van der Waals surface area contributed by atoms with Gasteiger partial charge in [0.15, 0.2) is 0 Å². The Morgan fingerprint density at radius 3 is 2.76 bits per heavy atom. The number of amides is 1. The van der Waals surface area contributed by atoms with E-state index in [2.05, 4.69) is 31.2 Å². The van der Waals surface area contributed by atoms with Gasteiger partial charge in [-0.2, -0.15) is 0 Å². The molecule has 1 unspecified atom stereocenters. The van der Waals surface area contributed by atoms with Gasteiger partial charge in [-0.3, -0.25) is 4.79 Å². The Morgan fingerprint density at radius 2 is 2.12 bits per heavy atom. The molecule has 2 rings (SSSR count). The van der Waals surface area contributed by atoms with E-state index in [9.17, 15) is 4.79 Å². The fourth-order valence-electron chi connectivity index (χ4n) is 1.89. The fraction of sp³-hybridized carbons (Fsp3) is 0.462. The first-order valence-electron chi connectivity index (χ1n) is 5.69. The number of aryl methyl sites for hydroxylation is 1. The van der Waals surface area contributed by atoms with Gasteiger partial charge in [0.2, 0.25) is 5.91 Å². The monoisotopic (exact) mass is 251 g/mol. The molecule has 1 aliphatic heterocycles. The molecular weight excluding hydrogens is 234 g/mol. The molecule has 1 aromatic rings.